The van der Waals surface area contributed by atoms with Crippen LogP contribution >= 0.6 is 11.3 Å². The van der Waals surface area contributed by atoms with Crippen LogP contribution in [0.4, 0.5) is 17.1 Å². The molecule has 1 aliphatic rings. The van der Waals surface area contributed by atoms with E-state index < -0.39 is 0 Å². The van der Waals surface area contributed by atoms with E-state index in [4.69, 9.17) is 0 Å². The summed E-state index contributed by atoms with van der Waals surface area (Å²) in [5, 5.41) is 8.22. The van der Waals surface area contributed by atoms with Crippen LogP contribution in [0.3, 0.4) is 0 Å². The summed E-state index contributed by atoms with van der Waals surface area (Å²) in [7, 11) is 0. The third-order valence-electron chi connectivity index (χ3n) is 9.08. The number of thiophene rings is 1. The predicted molar refractivity (Wildman–Crippen MR) is 185 cm³/mol. The summed E-state index contributed by atoms with van der Waals surface area (Å²) in [6.45, 7) is 0. The fourth-order valence-corrected chi connectivity index (χ4v) is 8.49. The zero-order valence-electron chi connectivity index (χ0n) is 23.2. The first-order valence-electron chi connectivity index (χ1n) is 14.7. The maximum atomic E-state index is 2.46. The number of para-hydroxylation sites is 2. The summed E-state index contributed by atoms with van der Waals surface area (Å²) in [5.74, 6) is 0. The Morgan fingerprint density at radius 1 is 0.395 bits per heavy atom. The zero-order chi connectivity index (χ0) is 28.1. The smallest absolute Gasteiger partial charge is 0.0548 e. The number of anilines is 3. The molecule has 0 N–H and O–H groups in total. The average molecular weight is 565 g/mol. The lowest BCUT2D eigenvalue weighted by Crippen LogP contribution is -2.09. The Hall–Kier alpha value is -5.38. The van der Waals surface area contributed by atoms with E-state index in [-0.39, 0.29) is 0 Å². The number of fused-ring (bicyclic) bond motifs is 1. The van der Waals surface area contributed by atoms with Crippen molar-refractivity contribution < 1.29 is 0 Å². The molecule has 2 heterocycles. The fourth-order valence-electron chi connectivity index (χ4n) is 7.35. The summed E-state index contributed by atoms with van der Waals surface area (Å²) in [6.07, 6.45) is 0. The summed E-state index contributed by atoms with van der Waals surface area (Å²) >= 11 is 1.91. The van der Waals surface area contributed by atoms with E-state index in [1.165, 1.54) is 63.9 Å². The summed E-state index contributed by atoms with van der Waals surface area (Å²) in [6, 6.07) is 53.1. The fraction of sp³-hybridized carbons (Fsp3) is 0. The van der Waals surface area contributed by atoms with Gasteiger partial charge in [-0.1, -0.05) is 72.8 Å². The molecule has 0 bridgehead atoms. The molecule has 0 unspecified atom stereocenters. The van der Waals surface area contributed by atoms with Gasteiger partial charge in [-0.2, -0.15) is 0 Å². The lowest BCUT2D eigenvalue weighted by atomic mass is 9.98. The lowest BCUT2D eigenvalue weighted by Gasteiger charge is -2.25. The van der Waals surface area contributed by atoms with Crippen molar-refractivity contribution in [3.63, 3.8) is 0 Å². The summed E-state index contributed by atoms with van der Waals surface area (Å²) in [5.41, 5.74) is 9.75. The normalized spacial score (nSPS) is 12.2. The van der Waals surface area contributed by atoms with Gasteiger partial charge in [-0.15, -0.1) is 11.3 Å². The summed E-state index contributed by atoms with van der Waals surface area (Å²) < 4.78 is 5.19. The average Bonchev–Trinajstić information content (AvgIpc) is 3.58. The first kappa shape index (κ1) is 23.2. The number of hydrogen-bond donors (Lipinski definition) is 0. The molecular weight excluding hydrogens is 541 g/mol. The minimum absolute atomic E-state index is 1.13. The highest BCUT2D eigenvalue weighted by Gasteiger charge is 2.25. The molecular formula is C40H24N2S. The van der Waals surface area contributed by atoms with E-state index in [0.717, 1.165) is 22.7 Å². The van der Waals surface area contributed by atoms with Crippen molar-refractivity contribution in [2.24, 2.45) is 0 Å². The molecule has 0 saturated carbocycles. The Bertz CT molecular complexity index is 2500. The highest BCUT2D eigenvalue weighted by molar-refractivity contribution is 7.26. The van der Waals surface area contributed by atoms with Gasteiger partial charge in [-0.25, -0.2) is 0 Å². The van der Waals surface area contributed by atoms with Gasteiger partial charge in [-0.3, -0.25) is 0 Å². The summed E-state index contributed by atoms with van der Waals surface area (Å²) in [4.78, 5) is 2.31. The molecule has 10 rings (SSSR count). The second-order valence-electron chi connectivity index (χ2n) is 11.3. The molecule has 43 heavy (non-hydrogen) atoms. The van der Waals surface area contributed by atoms with E-state index in [0.29, 0.717) is 0 Å². The molecule has 0 saturated heterocycles. The number of hydrogen-bond acceptors (Lipinski definition) is 2. The van der Waals surface area contributed by atoms with E-state index in [1.54, 1.807) is 0 Å². The van der Waals surface area contributed by atoms with E-state index >= 15 is 0 Å². The van der Waals surface area contributed by atoms with Crippen LogP contribution in [0.25, 0.3) is 69.6 Å². The molecule has 0 radical (unpaired) electrons. The van der Waals surface area contributed by atoms with Gasteiger partial charge in [0.05, 0.1) is 11.0 Å². The lowest BCUT2D eigenvalue weighted by molar-refractivity contribution is 1.17. The molecule has 200 valence electrons. The Balaban J connectivity index is 1.25. The highest BCUT2D eigenvalue weighted by atomic mass is 32.1. The van der Waals surface area contributed by atoms with Gasteiger partial charge >= 0.3 is 0 Å². The van der Waals surface area contributed by atoms with Crippen molar-refractivity contribution in [2.45, 2.75) is 0 Å². The van der Waals surface area contributed by atoms with Gasteiger partial charge in [0.25, 0.3) is 0 Å². The van der Waals surface area contributed by atoms with Crippen molar-refractivity contribution in [3.8, 4) is 16.8 Å². The minimum Gasteiger partial charge on any atom is -0.311 e. The maximum Gasteiger partial charge on any atom is 0.0548 e. The Morgan fingerprint density at radius 2 is 1.00 bits per heavy atom. The molecule has 0 atom stereocenters. The number of benzene rings is 7. The van der Waals surface area contributed by atoms with E-state index in [9.17, 15) is 0 Å². The van der Waals surface area contributed by atoms with Gasteiger partial charge in [0.15, 0.2) is 0 Å². The number of nitrogens with zero attached hydrogens (tertiary/aromatic N) is 2. The first-order chi connectivity index (χ1) is 21.3. The van der Waals surface area contributed by atoms with Crippen LogP contribution < -0.4 is 4.90 Å². The topological polar surface area (TPSA) is 8.17 Å². The number of rotatable bonds is 4. The van der Waals surface area contributed by atoms with E-state index in [1.807, 2.05) is 11.3 Å². The van der Waals surface area contributed by atoms with Crippen LogP contribution in [-0.2, 0) is 0 Å². The van der Waals surface area contributed by atoms with Crippen LogP contribution in [0, 0.1) is 0 Å². The molecule has 0 fully saturated rings. The van der Waals surface area contributed by atoms with Crippen molar-refractivity contribution in [2.75, 3.05) is 4.90 Å². The van der Waals surface area contributed by atoms with Crippen LogP contribution in [0.5, 0.6) is 0 Å². The van der Waals surface area contributed by atoms with Crippen molar-refractivity contribution >= 4 is 81.1 Å². The number of aromatic nitrogens is 1. The van der Waals surface area contributed by atoms with Crippen molar-refractivity contribution in [3.05, 3.63) is 146 Å². The first-order valence-corrected chi connectivity index (χ1v) is 15.5. The second kappa shape index (κ2) is 8.57. The predicted octanol–water partition coefficient (Wildman–Crippen LogP) is 11.8. The quantitative estimate of drug-likeness (QED) is 0.206. The van der Waals surface area contributed by atoms with Crippen LogP contribution in [0.1, 0.15) is 0 Å². The highest BCUT2D eigenvalue weighted by Crippen LogP contribution is 2.52. The van der Waals surface area contributed by atoms with Gasteiger partial charge in [0, 0.05) is 59.1 Å². The second-order valence-corrected chi connectivity index (χ2v) is 12.4. The third kappa shape index (κ3) is 3.12. The Labute approximate surface area is 252 Å². The van der Waals surface area contributed by atoms with Gasteiger partial charge in [0.2, 0.25) is 0 Å². The van der Waals surface area contributed by atoms with Crippen molar-refractivity contribution in [1.82, 2.24) is 4.57 Å². The third-order valence-corrected chi connectivity index (χ3v) is 10.2. The van der Waals surface area contributed by atoms with E-state index in [2.05, 4.69) is 155 Å². The minimum atomic E-state index is 1.13. The molecule has 1 aliphatic carbocycles. The Kier molecular flexibility index (Phi) is 4.63. The van der Waals surface area contributed by atoms with Crippen LogP contribution in [-0.4, -0.2) is 4.57 Å². The van der Waals surface area contributed by atoms with Gasteiger partial charge in [-0.05, 0) is 89.3 Å². The Morgan fingerprint density at radius 3 is 1.74 bits per heavy atom. The maximum absolute atomic E-state index is 2.46. The molecule has 2 aromatic heterocycles. The monoisotopic (exact) mass is 564 g/mol. The van der Waals surface area contributed by atoms with Crippen LogP contribution in [0.2, 0.25) is 0 Å². The molecule has 0 amide bonds. The largest absolute Gasteiger partial charge is 0.311 e. The zero-order valence-corrected chi connectivity index (χ0v) is 24.0. The molecule has 0 spiro atoms. The van der Waals surface area contributed by atoms with Gasteiger partial charge in [0.1, 0.15) is 0 Å². The molecule has 9 aromatic rings. The van der Waals surface area contributed by atoms with Gasteiger partial charge < -0.3 is 9.47 Å². The molecule has 0 aliphatic heterocycles. The van der Waals surface area contributed by atoms with Crippen LogP contribution in [0.15, 0.2) is 146 Å². The molecule has 7 aromatic carbocycles. The van der Waals surface area contributed by atoms with Crippen molar-refractivity contribution in [1.29, 1.82) is 0 Å². The standard InChI is InChI=1S/C40H24N2S/c1-3-9-26(10-4-1)41(27-11-5-2-6-12-27)28-19-21-29(22-20-28)42-32-15-7-13-30-31-14-8-16-34-38(31)40-35(43-34)24-18-25-17-23-33(42)39(36(25)40)37(30)32/h1-24H. The SMILES string of the molecule is c1ccc(N(c2ccccc2)c2ccc(-n3c4cccc5c4c4c6c(ccc7sc8cccc-5c8c76)ccc43)cc2)cc1. The molecule has 3 heteroatoms. The molecule has 2 nitrogen and oxygen atoms in total.